The highest BCUT2D eigenvalue weighted by Gasteiger charge is 2.28. The molecule has 0 aliphatic rings. The molecule has 0 fully saturated rings. The van der Waals surface area contributed by atoms with Crippen molar-refractivity contribution < 1.29 is 9.85 Å². The summed E-state index contributed by atoms with van der Waals surface area (Å²) in [6.45, 7) is 0. The Balaban J connectivity index is 2.62. The van der Waals surface area contributed by atoms with Gasteiger partial charge in [-0.2, -0.15) is 0 Å². The van der Waals surface area contributed by atoms with E-state index in [0.717, 1.165) is 6.07 Å². The molecule has 1 heterocycles. The van der Waals surface area contributed by atoms with Crippen LogP contribution in [0.25, 0.3) is 21.8 Å². The number of nitrogens with zero attached hydrogens (tertiary/aromatic N) is 3. The quantitative estimate of drug-likeness (QED) is 0.389. The zero-order valence-electron chi connectivity index (χ0n) is 10.6. The number of nitro groups is 2. The highest BCUT2D eigenvalue weighted by atomic mass is 35.5. The Kier molecular flexibility index (Phi) is 3.31. The zero-order valence-corrected chi connectivity index (χ0v) is 12.1. The summed E-state index contributed by atoms with van der Waals surface area (Å²) in [4.78, 5) is 24.9. The van der Waals surface area contributed by atoms with Gasteiger partial charge in [0.15, 0.2) is 5.52 Å². The molecule has 0 aliphatic carbocycles. The van der Waals surface area contributed by atoms with Gasteiger partial charge < -0.3 is 0 Å². The van der Waals surface area contributed by atoms with Crippen LogP contribution in [0.4, 0.5) is 11.4 Å². The van der Waals surface area contributed by atoms with Crippen LogP contribution in [-0.2, 0) is 0 Å². The summed E-state index contributed by atoms with van der Waals surface area (Å²) in [6.07, 6.45) is 0. The lowest BCUT2D eigenvalue weighted by Gasteiger charge is -2.07. The van der Waals surface area contributed by atoms with Crippen molar-refractivity contribution in [3.8, 4) is 0 Å². The topological polar surface area (TPSA) is 99.2 Å². The van der Waals surface area contributed by atoms with Gasteiger partial charge in [-0.15, -0.1) is 0 Å². The number of hydrogen-bond acceptors (Lipinski definition) is 5. The second-order valence-corrected chi connectivity index (χ2v) is 5.17. The number of pyridine rings is 1. The monoisotopic (exact) mass is 337 g/mol. The van der Waals surface area contributed by atoms with Crippen LogP contribution in [0, 0.1) is 20.2 Å². The lowest BCUT2D eigenvalue weighted by molar-refractivity contribution is -0.393. The average Bonchev–Trinajstić information content (AvgIpc) is 2.46. The fourth-order valence-electron chi connectivity index (χ4n) is 2.22. The van der Waals surface area contributed by atoms with Crippen molar-refractivity contribution in [3.63, 3.8) is 0 Å². The first-order chi connectivity index (χ1) is 10.4. The van der Waals surface area contributed by atoms with Gasteiger partial charge in [-0.25, -0.2) is 4.98 Å². The molecule has 0 spiro atoms. The highest BCUT2D eigenvalue weighted by Crippen LogP contribution is 2.43. The second kappa shape index (κ2) is 5.04. The van der Waals surface area contributed by atoms with Crippen molar-refractivity contribution in [2.45, 2.75) is 0 Å². The van der Waals surface area contributed by atoms with Crippen LogP contribution in [0.2, 0.25) is 10.0 Å². The molecule has 3 rings (SSSR count). The molecule has 0 saturated heterocycles. The summed E-state index contributed by atoms with van der Waals surface area (Å²) >= 11 is 12.3. The Hall–Kier alpha value is -2.51. The molecule has 9 heteroatoms. The summed E-state index contributed by atoms with van der Waals surface area (Å²) in [5.41, 5.74) is -0.740. The minimum Gasteiger partial charge on any atom is -0.258 e. The standard InChI is InChI=1S/C13H5Cl2N3O4/c14-11-6-3-1-2-4-7(6)16-13-9(18(21)22)5-8(17(19)20)12(15)10(11)13/h1-5H. The minimum absolute atomic E-state index is 0.00272. The summed E-state index contributed by atoms with van der Waals surface area (Å²) in [7, 11) is 0. The summed E-state index contributed by atoms with van der Waals surface area (Å²) in [5, 5.41) is 22.6. The predicted octanol–water partition coefficient (Wildman–Crippen LogP) is 4.51. The van der Waals surface area contributed by atoms with Gasteiger partial charge in [0.05, 0.1) is 31.8 Å². The Morgan fingerprint density at radius 2 is 1.59 bits per heavy atom. The van der Waals surface area contributed by atoms with Crippen molar-refractivity contribution in [2.24, 2.45) is 0 Å². The molecule has 0 amide bonds. The molecule has 0 aliphatic heterocycles. The van der Waals surface area contributed by atoms with Gasteiger partial charge in [-0.1, -0.05) is 41.4 Å². The number of aromatic nitrogens is 1. The third-order valence-electron chi connectivity index (χ3n) is 3.18. The number of benzene rings is 2. The van der Waals surface area contributed by atoms with E-state index in [0.29, 0.717) is 10.9 Å². The minimum atomic E-state index is -0.791. The van der Waals surface area contributed by atoms with Crippen molar-refractivity contribution in [1.82, 2.24) is 4.98 Å². The SMILES string of the molecule is O=[N+]([O-])c1cc([N+](=O)[O-])c2nc3ccccc3c(Cl)c2c1Cl. The van der Waals surface area contributed by atoms with Crippen molar-refractivity contribution in [3.05, 3.63) is 60.6 Å². The van der Waals surface area contributed by atoms with Crippen LogP contribution in [0.5, 0.6) is 0 Å². The van der Waals surface area contributed by atoms with Crippen LogP contribution in [-0.4, -0.2) is 14.8 Å². The molecule has 0 atom stereocenters. The maximum Gasteiger partial charge on any atom is 0.302 e. The molecule has 0 bridgehead atoms. The zero-order chi connectivity index (χ0) is 16.0. The molecule has 0 radical (unpaired) electrons. The Morgan fingerprint density at radius 3 is 2.23 bits per heavy atom. The van der Waals surface area contributed by atoms with E-state index in [2.05, 4.69) is 4.98 Å². The van der Waals surface area contributed by atoms with Gasteiger partial charge >= 0.3 is 5.69 Å². The van der Waals surface area contributed by atoms with Crippen LogP contribution in [0.3, 0.4) is 0 Å². The van der Waals surface area contributed by atoms with E-state index < -0.39 is 21.2 Å². The van der Waals surface area contributed by atoms with Crippen LogP contribution in [0.15, 0.2) is 30.3 Å². The first-order valence-electron chi connectivity index (χ1n) is 5.91. The smallest absolute Gasteiger partial charge is 0.258 e. The molecule has 0 unspecified atom stereocenters. The maximum absolute atomic E-state index is 11.2. The predicted molar refractivity (Wildman–Crippen MR) is 82.6 cm³/mol. The van der Waals surface area contributed by atoms with Gasteiger partial charge in [-0.3, -0.25) is 20.2 Å². The van der Waals surface area contributed by atoms with Gasteiger partial charge in [0.25, 0.3) is 5.69 Å². The molecule has 1 aromatic heterocycles. The number of para-hydroxylation sites is 1. The van der Waals surface area contributed by atoms with E-state index in [-0.39, 0.29) is 20.9 Å². The molecule has 110 valence electrons. The summed E-state index contributed by atoms with van der Waals surface area (Å²) in [6, 6.07) is 7.51. The molecule has 7 nitrogen and oxygen atoms in total. The van der Waals surface area contributed by atoms with E-state index in [1.807, 2.05) is 0 Å². The Labute approximate surface area is 132 Å². The molecule has 0 N–H and O–H groups in total. The number of fused-ring (bicyclic) bond motifs is 2. The van der Waals surface area contributed by atoms with Crippen LogP contribution >= 0.6 is 23.2 Å². The fourth-order valence-corrected chi connectivity index (χ4v) is 2.92. The second-order valence-electron chi connectivity index (χ2n) is 4.41. The number of halogens is 2. The van der Waals surface area contributed by atoms with Gasteiger partial charge in [0, 0.05) is 5.39 Å². The van der Waals surface area contributed by atoms with Gasteiger partial charge in [0.2, 0.25) is 0 Å². The average molecular weight is 338 g/mol. The summed E-state index contributed by atoms with van der Waals surface area (Å²) < 4.78 is 0. The third kappa shape index (κ3) is 2.02. The van der Waals surface area contributed by atoms with Gasteiger partial charge in [0.1, 0.15) is 5.02 Å². The number of nitro benzene ring substituents is 2. The third-order valence-corrected chi connectivity index (χ3v) is 3.96. The van der Waals surface area contributed by atoms with Crippen LogP contribution in [0.1, 0.15) is 0 Å². The summed E-state index contributed by atoms with van der Waals surface area (Å²) in [5.74, 6) is 0. The first kappa shape index (κ1) is 14.4. The van der Waals surface area contributed by atoms with E-state index in [1.165, 1.54) is 0 Å². The molecule has 0 saturated carbocycles. The normalized spacial score (nSPS) is 11.0. The molecule has 2 aromatic carbocycles. The van der Waals surface area contributed by atoms with Crippen molar-refractivity contribution in [2.75, 3.05) is 0 Å². The van der Waals surface area contributed by atoms with E-state index in [9.17, 15) is 20.2 Å². The lowest BCUT2D eigenvalue weighted by Crippen LogP contribution is -1.98. The van der Waals surface area contributed by atoms with E-state index in [1.54, 1.807) is 24.3 Å². The molecular weight excluding hydrogens is 333 g/mol. The number of rotatable bonds is 2. The van der Waals surface area contributed by atoms with E-state index >= 15 is 0 Å². The lowest BCUT2D eigenvalue weighted by atomic mass is 10.1. The largest absolute Gasteiger partial charge is 0.302 e. The van der Waals surface area contributed by atoms with Crippen molar-refractivity contribution in [1.29, 1.82) is 0 Å². The Bertz CT molecular complexity index is 975. The molecule has 22 heavy (non-hydrogen) atoms. The van der Waals surface area contributed by atoms with E-state index in [4.69, 9.17) is 23.2 Å². The highest BCUT2D eigenvalue weighted by molar-refractivity contribution is 6.46. The van der Waals surface area contributed by atoms with Crippen LogP contribution < -0.4 is 0 Å². The molecule has 3 aromatic rings. The van der Waals surface area contributed by atoms with Gasteiger partial charge in [-0.05, 0) is 6.07 Å². The Morgan fingerprint density at radius 1 is 0.955 bits per heavy atom. The maximum atomic E-state index is 11.2. The van der Waals surface area contributed by atoms with Crippen molar-refractivity contribution >= 4 is 56.4 Å². The first-order valence-corrected chi connectivity index (χ1v) is 6.66. The number of non-ortho nitro benzene ring substituents is 1. The number of hydrogen-bond donors (Lipinski definition) is 0. The fraction of sp³-hybridized carbons (Fsp3) is 0. The molecular formula is C13H5Cl2N3O4.